The van der Waals surface area contributed by atoms with Crippen LogP contribution in [-0.2, 0) is 6.42 Å². The number of aliphatic hydroxyl groups is 1. The molecule has 4 nitrogen and oxygen atoms in total. The molecule has 2 N–H and O–H groups in total. The van der Waals surface area contributed by atoms with E-state index < -0.39 is 11.2 Å². The average Bonchev–Trinajstić information content (AvgIpc) is 1.96. The predicted octanol–water partition coefficient (Wildman–Crippen LogP) is 0.967. The lowest BCUT2D eigenvalue weighted by Gasteiger charge is -2.15. The highest BCUT2D eigenvalue weighted by molar-refractivity contribution is 5.28. The summed E-state index contributed by atoms with van der Waals surface area (Å²) in [7, 11) is 0. The van der Waals surface area contributed by atoms with Gasteiger partial charge in [-0.05, 0) is 20.8 Å². The van der Waals surface area contributed by atoms with Gasteiger partial charge in [0.25, 0.3) is 0 Å². The SMILES string of the molecule is Cc1c(O)cc(CC(C)(C)O)oc1=O. The standard InChI is InChI=1S/C10H14O4/c1-6-8(11)4-7(14-9(6)12)5-10(2,3)13/h4,11,13H,5H2,1-3H3. The second-order valence-electron chi connectivity index (χ2n) is 4.00. The van der Waals surface area contributed by atoms with Crippen molar-refractivity contribution in [2.75, 3.05) is 0 Å². The van der Waals surface area contributed by atoms with Gasteiger partial charge in [0, 0.05) is 12.5 Å². The Balaban J connectivity index is 3.08. The monoisotopic (exact) mass is 198 g/mol. The molecule has 1 heterocycles. The summed E-state index contributed by atoms with van der Waals surface area (Å²) < 4.78 is 4.89. The minimum absolute atomic E-state index is 0.0968. The molecule has 0 unspecified atom stereocenters. The van der Waals surface area contributed by atoms with Crippen molar-refractivity contribution in [3.63, 3.8) is 0 Å². The Morgan fingerprint density at radius 1 is 1.50 bits per heavy atom. The third-order valence-electron chi connectivity index (χ3n) is 1.82. The molecule has 4 heteroatoms. The predicted molar refractivity (Wildman–Crippen MR) is 51.4 cm³/mol. The molecule has 0 fully saturated rings. The second kappa shape index (κ2) is 3.46. The van der Waals surface area contributed by atoms with Crippen LogP contribution < -0.4 is 5.63 Å². The first-order valence-corrected chi connectivity index (χ1v) is 4.34. The van der Waals surface area contributed by atoms with Gasteiger partial charge in [-0.2, -0.15) is 0 Å². The highest BCUT2D eigenvalue weighted by Gasteiger charge is 2.17. The Kier molecular flexibility index (Phi) is 2.66. The van der Waals surface area contributed by atoms with Gasteiger partial charge >= 0.3 is 5.63 Å². The van der Waals surface area contributed by atoms with E-state index in [1.54, 1.807) is 13.8 Å². The quantitative estimate of drug-likeness (QED) is 0.742. The zero-order chi connectivity index (χ0) is 10.9. The molecule has 1 rings (SSSR count). The van der Waals surface area contributed by atoms with Crippen molar-refractivity contribution >= 4 is 0 Å². The lowest BCUT2D eigenvalue weighted by molar-refractivity contribution is 0.0741. The first-order chi connectivity index (χ1) is 6.29. The van der Waals surface area contributed by atoms with E-state index in [0.717, 1.165) is 0 Å². The summed E-state index contributed by atoms with van der Waals surface area (Å²) in [6.07, 6.45) is 0.191. The molecule has 1 aromatic rings. The molecule has 0 aromatic carbocycles. The Morgan fingerprint density at radius 2 is 2.07 bits per heavy atom. The molecule has 0 atom stereocenters. The molecule has 0 saturated heterocycles. The first kappa shape index (κ1) is 10.8. The van der Waals surface area contributed by atoms with Gasteiger partial charge in [0.2, 0.25) is 0 Å². The second-order valence-corrected chi connectivity index (χ2v) is 4.00. The molecule has 0 aliphatic carbocycles. The van der Waals surface area contributed by atoms with Gasteiger partial charge in [-0.25, -0.2) is 4.79 Å². The summed E-state index contributed by atoms with van der Waals surface area (Å²) in [5.41, 5.74) is -1.34. The van der Waals surface area contributed by atoms with Crippen molar-refractivity contribution < 1.29 is 14.6 Å². The molecule has 14 heavy (non-hydrogen) atoms. The van der Waals surface area contributed by atoms with Crippen LogP contribution in [0.2, 0.25) is 0 Å². The third-order valence-corrected chi connectivity index (χ3v) is 1.82. The Labute approximate surface area is 81.8 Å². The van der Waals surface area contributed by atoms with Crippen LogP contribution in [0, 0.1) is 6.92 Å². The van der Waals surface area contributed by atoms with E-state index >= 15 is 0 Å². The van der Waals surface area contributed by atoms with Gasteiger partial charge in [-0.15, -0.1) is 0 Å². The molecule has 0 amide bonds. The largest absolute Gasteiger partial charge is 0.507 e. The van der Waals surface area contributed by atoms with Crippen LogP contribution in [-0.4, -0.2) is 15.8 Å². The summed E-state index contributed by atoms with van der Waals surface area (Å²) >= 11 is 0. The van der Waals surface area contributed by atoms with Crippen molar-refractivity contribution in [3.05, 3.63) is 27.8 Å². The molecule has 1 aromatic heterocycles. The number of rotatable bonds is 2. The third kappa shape index (κ3) is 2.60. The molecule has 0 radical (unpaired) electrons. The summed E-state index contributed by atoms with van der Waals surface area (Å²) in [6.45, 7) is 4.68. The van der Waals surface area contributed by atoms with Gasteiger partial charge in [0.05, 0.1) is 11.2 Å². The zero-order valence-corrected chi connectivity index (χ0v) is 8.50. The van der Waals surface area contributed by atoms with E-state index in [9.17, 15) is 15.0 Å². The van der Waals surface area contributed by atoms with Crippen LogP contribution in [0.4, 0.5) is 0 Å². The Morgan fingerprint density at radius 3 is 2.50 bits per heavy atom. The zero-order valence-electron chi connectivity index (χ0n) is 8.50. The number of aromatic hydroxyl groups is 1. The summed E-state index contributed by atoms with van der Waals surface area (Å²) in [5, 5.41) is 18.8. The maximum atomic E-state index is 11.1. The Hall–Kier alpha value is -1.29. The van der Waals surface area contributed by atoms with E-state index in [-0.39, 0.29) is 23.5 Å². The van der Waals surface area contributed by atoms with Crippen LogP contribution in [0.15, 0.2) is 15.3 Å². The van der Waals surface area contributed by atoms with Crippen LogP contribution in [0.3, 0.4) is 0 Å². The van der Waals surface area contributed by atoms with Crippen LogP contribution in [0.1, 0.15) is 25.2 Å². The molecule has 0 spiro atoms. The fraction of sp³-hybridized carbons (Fsp3) is 0.500. The van der Waals surface area contributed by atoms with Gasteiger partial charge < -0.3 is 14.6 Å². The maximum absolute atomic E-state index is 11.1. The minimum atomic E-state index is -0.961. The van der Waals surface area contributed by atoms with Crippen molar-refractivity contribution in [2.45, 2.75) is 32.8 Å². The number of hydrogen-bond acceptors (Lipinski definition) is 4. The summed E-state index contributed by atoms with van der Waals surface area (Å²) in [4.78, 5) is 11.1. The van der Waals surface area contributed by atoms with Crippen LogP contribution in [0.25, 0.3) is 0 Å². The average molecular weight is 198 g/mol. The Bertz CT molecular complexity index is 384. The van der Waals surface area contributed by atoms with E-state index in [0.29, 0.717) is 0 Å². The topological polar surface area (TPSA) is 70.7 Å². The van der Waals surface area contributed by atoms with E-state index in [1.165, 1.54) is 13.0 Å². The maximum Gasteiger partial charge on any atom is 0.342 e. The van der Waals surface area contributed by atoms with Crippen molar-refractivity contribution in [3.8, 4) is 5.75 Å². The molecule has 78 valence electrons. The van der Waals surface area contributed by atoms with Crippen molar-refractivity contribution in [1.29, 1.82) is 0 Å². The van der Waals surface area contributed by atoms with Crippen molar-refractivity contribution in [1.82, 2.24) is 0 Å². The highest BCUT2D eigenvalue weighted by atomic mass is 16.4. The molecule has 0 bridgehead atoms. The lowest BCUT2D eigenvalue weighted by Crippen LogP contribution is -2.22. The smallest absolute Gasteiger partial charge is 0.342 e. The molecule has 0 aliphatic rings. The minimum Gasteiger partial charge on any atom is -0.507 e. The van der Waals surface area contributed by atoms with Crippen molar-refractivity contribution in [2.24, 2.45) is 0 Å². The summed E-state index contributed by atoms with van der Waals surface area (Å²) in [6, 6.07) is 1.36. The van der Waals surface area contributed by atoms with E-state index in [2.05, 4.69) is 0 Å². The van der Waals surface area contributed by atoms with Crippen LogP contribution in [0.5, 0.6) is 5.75 Å². The first-order valence-electron chi connectivity index (χ1n) is 4.34. The fourth-order valence-corrected chi connectivity index (χ4v) is 1.10. The molecular formula is C10H14O4. The van der Waals surface area contributed by atoms with Gasteiger partial charge in [-0.1, -0.05) is 0 Å². The summed E-state index contributed by atoms with van der Waals surface area (Å²) in [5.74, 6) is 0.186. The molecular weight excluding hydrogens is 184 g/mol. The van der Waals surface area contributed by atoms with E-state index in [1.807, 2.05) is 0 Å². The van der Waals surface area contributed by atoms with Gasteiger partial charge in [-0.3, -0.25) is 0 Å². The van der Waals surface area contributed by atoms with Gasteiger partial charge in [0.1, 0.15) is 11.5 Å². The number of hydrogen-bond donors (Lipinski definition) is 2. The van der Waals surface area contributed by atoms with E-state index in [4.69, 9.17) is 4.42 Å². The molecule has 0 saturated carbocycles. The lowest BCUT2D eigenvalue weighted by atomic mass is 10.0. The highest BCUT2D eigenvalue weighted by Crippen LogP contribution is 2.17. The normalized spacial score (nSPS) is 11.7. The molecule has 0 aliphatic heterocycles. The van der Waals surface area contributed by atoms with Crippen LogP contribution >= 0.6 is 0 Å². The van der Waals surface area contributed by atoms with Gasteiger partial charge in [0.15, 0.2) is 0 Å². The fourth-order valence-electron chi connectivity index (χ4n) is 1.10.